The summed E-state index contributed by atoms with van der Waals surface area (Å²) in [7, 11) is 2.92. The monoisotopic (exact) mass is 806 g/mol. The van der Waals surface area contributed by atoms with E-state index in [1.54, 1.807) is 30.5 Å². The van der Waals surface area contributed by atoms with Gasteiger partial charge >= 0.3 is 6.18 Å². The van der Waals surface area contributed by atoms with E-state index in [0.717, 1.165) is 11.1 Å². The molecule has 2 fully saturated rings. The van der Waals surface area contributed by atoms with Crippen molar-refractivity contribution in [3.05, 3.63) is 125 Å². The van der Waals surface area contributed by atoms with Crippen LogP contribution in [0.5, 0.6) is 11.5 Å². The number of rotatable bonds is 9. The predicted octanol–water partition coefficient (Wildman–Crippen LogP) is 6.20. The Bertz CT molecular complexity index is 1920. The number of fused-ring (bicyclic) bond motifs is 1. The van der Waals surface area contributed by atoms with Gasteiger partial charge in [-0.2, -0.15) is 17.9 Å². The Morgan fingerprint density at radius 2 is 1.50 bits per heavy atom. The molecule has 2 unspecified atom stereocenters. The molecule has 2 saturated heterocycles. The number of tetrazole rings is 1. The maximum Gasteiger partial charge on any atom is 0.453 e. The molecule has 2 aliphatic rings. The molecule has 4 heterocycles. The van der Waals surface area contributed by atoms with Crippen LogP contribution in [-0.4, -0.2) is 105 Å². The Labute approximate surface area is 329 Å². The highest BCUT2D eigenvalue weighted by Crippen LogP contribution is 2.40. The number of piperazine rings is 2. The zero-order valence-corrected chi connectivity index (χ0v) is 31.8. The third-order valence-electron chi connectivity index (χ3n) is 9.70. The zero-order chi connectivity index (χ0) is 35.5. The summed E-state index contributed by atoms with van der Waals surface area (Å²) in [6, 6.07) is 29.1. The van der Waals surface area contributed by atoms with Crippen LogP contribution in [0.3, 0.4) is 0 Å². The molecule has 2 aromatic heterocycles. The number of alkyl halides is 3. The van der Waals surface area contributed by atoms with Gasteiger partial charge in [0.05, 0.1) is 19.8 Å². The Morgan fingerprint density at radius 3 is 2.09 bits per heavy atom. The number of pyridine rings is 1. The van der Waals surface area contributed by atoms with Crippen molar-refractivity contribution in [2.24, 2.45) is 0 Å². The van der Waals surface area contributed by atoms with Crippen molar-refractivity contribution in [2.75, 3.05) is 46.9 Å². The van der Waals surface area contributed by atoms with Gasteiger partial charge in [-0.1, -0.05) is 66.7 Å². The van der Waals surface area contributed by atoms with Crippen molar-refractivity contribution in [1.82, 2.24) is 39.9 Å². The lowest BCUT2D eigenvalue weighted by atomic mass is 9.81. The first-order valence-corrected chi connectivity index (χ1v) is 16.6. The maximum atomic E-state index is 13.9. The number of carbonyl (C=O) groups excluding carboxylic acids is 1. The number of amides is 1. The highest BCUT2D eigenvalue weighted by Gasteiger charge is 2.44. The highest BCUT2D eigenvalue weighted by atomic mass is 35.5. The average molecular weight is 808 g/mol. The number of hydrogen-bond donors (Lipinski definition) is 0. The molecule has 0 saturated carbocycles. The summed E-state index contributed by atoms with van der Waals surface area (Å²) in [6.45, 7) is 3.18. The molecule has 11 nitrogen and oxygen atoms in total. The summed E-state index contributed by atoms with van der Waals surface area (Å²) in [4.78, 5) is 24.6. The van der Waals surface area contributed by atoms with E-state index >= 15 is 0 Å². The maximum absolute atomic E-state index is 13.9. The first-order chi connectivity index (χ1) is 24.8. The van der Waals surface area contributed by atoms with Gasteiger partial charge in [-0.15, -0.1) is 42.3 Å². The van der Waals surface area contributed by atoms with Gasteiger partial charge in [-0.3, -0.25) is 19.6 Å². The molecular formula is C37H40Cl3F3N8O3. The van der Waals surface area contributed by atoms with E-state index in [4.69, 9.17) is 9.47 Å². The molecule has 0 radical (unpaired) electrons. The van der Waals surface area contributed by atoms with Crippen LogP contribution >= 0.6 is 37.2 Å². The van der Waals surface area contributed by atoms with Crippen LogP contribution in [0.2, 0.25) is 0 Å². The molecule has 17 heteroatoms. The quantitative estimate of drug-likeness (QED) is 0.172. The van der Waals surface area contributed by atoms with Crippen molar-refractivity contribution < 1.29 is 27.4 Å². The molecule has 5 aromatic rings. The lowest BCUT2D eigenvalue weighted by Crippen LogP contribution is -2.67. The minimum absolute atomic E-state index is 0. The van der Waals surface area contributed by atoms with Gasteiger partial charge in [-0.25, -0.2) is 0 Å². The molecule has 7 rings (SSSR count). The second-order valence-electron chi connectivity index (χ2n) is 12.6. The molecule has 0 aliphatic carbocycles. The number of aromatic nitrogens is 5. The van der Waals surface area contributed by atoms with Crippen molar-refractivity contribution in [1.29, 1.82) is 0 Å². The fourth-order valence-corrected chi connectivity index (χ4v) is 7.51. The standard InChI is InChI=1S/C37H37F3N8O3.3ClH/c1-50-32-17-16-30(48-36(37(38,39)40)42-43-44-48)34(51-2)28(32)23-45-21-27-22-46(35(49)29-15-9-10-18-41-29)19-20-47(27)31(24-45)33(25-11-5-3-6-12-25)26-13-7-4-8-14-26;;;/h3-18,27,31,33H,19-24H2,1-2H3;3*1H. The molecule has 288 valence electrons. The summed E-state index contributed by atoms with van der Waals surface area (Å²) in [5.74, 6) is -0.774. The number of hydrogen-bond acceptors (Lipinski definition) is 9. The Balaban J connectivity index is 0.00000217. The van der Waals surface area contributed by atoms with Gasteiger partial charge in [0.15, 0.2) is 5.75 Å². The number of ether oxygens (including phenoxy) is 2. The third-order valence-corrected chi connectivity index (χ3v) is 9.70. The van der Waals surface area contributed by atoms with Crippen molar-refractivity contribution in [2.45, 2.75) is 30.7 Å². The molecule has 0 spiro atoms. The predicted molar refractivity (Wildman–Crippen MR) is 203 cm³/mol. The van der Waals surface area contributed by atoms with E-state index in [-0.39, 0.29) is 79.1 Å². The van der Waals surface area contributed by atoms with Crippen LogP contribution < -0.4 is 9.47 Å². The second kappa shape index (κ2) is 18.2. The number of benzene rings is 3. The third kappa shape index (κ3) is 8.58. The van der Waals surface area contributed by atoms with E-state index in [9.17, 15) is 18.0 Å². The second-order valence-corrected chi connectivity index (χ2v) is 12.6. The van der Waals surface area contributed by atoms with Gasteiger partial charge in [0.25, 0.3) is 11.7 Å². The summed E-state index contributed by atoms with van der Waals surface area (Å²) < 4.78 is 53.9. The smallest absolute Gasteiger partial charge is 0.453 e. The van der Waals surface area contributed by atoms with E-state index in [2.05, 4.69) is 54.6 Å². The number of halogens is 6. The number of carbonyl (C=O) groups is 1. The molecule has 3 aromatic carbocycles. The van der Waals surface area contributed by atoms with Crippen LogP contribution in [0.25, 0.3) is 5.69 Å². The van der Waals surface area contributed by atoms with Crippen LogP contribution in [0, 0.1) is 0 Å². The van der Waals surface area contributed by atoms with Gasteiger partial charge in [-0.05, 0) is 45.8 Å². The molecule has 2 aliphatic heterocycles. The van der Waals surface area contributed by atoms with E-state index in [0.29, 0.717) is 54.4 Å². The van der Waals surface area contributed by atoms with Crippen LogP contribution in [0.15, 0.2) is 97.2 Å². The summed E-state index contributed by atoms with van der Waals surface area (Å²) in [5, 5.41) is 10.2. The van der Waals surface area contributed by atoms with Crippen LogP contribution in [0.4, 0.5) is 13.2 Å². The fourth-order valence-electron chi connectivity index (χ4n) is 7.51. The minimum Gasteiger partial charge on any atom is -0.496 e. The van der Waals surface area contributed by atoms with Gasteiger partial charge < -0.3 is 14.4 Å². The van der Waals surface area contributed by atoms with Crippen LogP contribution in [-0.2, 0) is 12.7 Å². The topological polar surface area (TPSA) is 102 Å². The SMILES string of the molecule is COc1ccc(-n2nnnc2C(F)(F)F)c(OC)c1CN1CC2CN(C(=O)c3ccccn3)CCN2C(C(c2ccccc2)c2ccccc2)C1.Cl.Cl.Cl. The first-order valence-electron chi connectivity index (χ1n) is 16.6. The molecule has 2 atom stereocenters. The molecular weight excluding hydrogens is 768 g/mol. The van der Waals surface area contributed by atoms with Gasteiger partial charge in [0.2, 0.25) is 0 Å². The van der Waals surface area contributed by atoms with E-state index in [1.807, 2.05) is 41.3 Å². The number of methoxy groups -OCH3 is 2. The van der Waals surface area contributed by atoms with E-state index < -0.39 is 12.0 Å². The number of nitrogens with zero attached hydrogens (tertiary/aromatic N) is 8. The molecule has 54 heavy (non-hydrogen) atoms. The fraction of sp³-hybridized carbons (Fsp3) is 0.324. The van der Waals surface area contributed by atoms with Crippen molar-refractivity contribution >= 4 is 43.1 Å². The van der Waals surface area contributed by atoms with Gasteiger partial charge in [0.1, 0.15) is 17.1 Å². The Hall–Kier alpha value is -4.47. The van der Waals surface area contributed by atoms with Gasteiger partial charge in [0, 0.05) is 63.5 Å². The van der Waals surface area contributed by atoms with Crippen LogP contribution in [0.1, 0.15) is 38.9 Å². The first kappa shape index (κ1) is 42.3. The minimum atomic E-state index is -4.79. The Kier molecular flexibility index (Phi) is 14.3. The zero-order valence-electron chi connectivity index (χ0n) is 29.4. The Morgan fingerprint density at radius 1 is 0.833 bits per heavy atom. The van der Waals surface area contributed by atoms with E-state index in [1.165, 1.54) is 20.3 Å². The average Bonchev–Trinajstić information content (AvgIpc) is 3.67. The van der Waals surface area contributed by atoms with Crippen molar-refractivity contribution in [3.8, 4) is 17.2 Å². The lowest BCUT2D eigenvalue weighted by molar-refractivity contribution is -0.146. The molecule has 0 bridgehead atoms. The lowest BCUT2D eigenvalue weighted by Gasteiger charge is -2.53. The largest absolute Gasteiger partial charge is 0.496 e. The summed E-state index contributed by atoms with van der Waals surface area (Å²) in [5.41, 5.74) is 3.32. The molecule has 1 amide bonds. The highest BCUT2D eigenvalue weighted by molar-refractivity contribution is 5.92. The summed E-state index contributed by atoms with van der Waals surface area (Å²) >= 11 is 0. The normalized spacial score (nSPS) is 17.4. The summed E-state index contributed by atoms with van der Waals surface area (Å²) in [6.07, 6.45) is -3.17. The molecule has 0 N–H and O–H groups in total. The van der Waals surface area contributed by atoms with Crippen molar-refractivity contribution in [3.63, 3.8) is 0 Å².